The number of anilines is 1. The fourth-order valence-electron chi connectivity index (χ4n) is 3.84. The number of hydrogen-bond donors (Lipinski definition) is 0. The summed E-state index contributed by atoms with van der Waals surface area (Å²) < 4.78 is 27.9. The number of aryl methyl sites for hydroxylation is 1. The summed E-state index contributed by atoms with van der Waals surface area (Å²) in [6.07, 6.45) is 2.92. The Balaban J connectivity index is 1.69. The minimum Gasteiger partial charge on any atom is -0.309 e. The van der Waals surface area contributed by atoms with Gasteiger partial charge in [-0.2, -0.15) is 0 Å². The molecule has 1 aliphatic rings. The highest BCUT2D eigenvalue weighted by atomic mass is 19.1. The first-order valence-electron chi connectivity index (χ1n) is 10.0. The maximum Gasteiger partial charge on any atom is 0.227 e. The fraction of sp³-hybridized carbons (Fsp3) is 0.435. The van der Waals surface area contributed by atoms with Crippen molar-refractivity contribution in [3.05, 3.63) is 65.2 Å². The van der Waals surface area contributed by atoms with E-state index in [0.29, 0.717) is 19.5 Å². The van der Waals surface area contributed by atoms with Gasteiger partial charge in [-0.15, -0.1) is 0 Å². The van der Waals surface area contributed by atoms with Crippen LogP contribution in [0.4, 0.5) is 14.5 Å². The molecular formula is C23H28F2N2O. The quantitative estimate of drug-likeness (QED) is 0.692. The molecule has 150 valence electrons. The molecular weight excluding hydrogens is 358 g/mol. The van der Waals surface area contributed by atoms with Gasteiger partial charge < -0.3 is 4.90 Å². The van der Waals surface area contributed by atoms with E-state index in [1.165, 1.54) is 18.2 Å². The molecule has 2 aromatic rings. The summed E-state index contributed by atoms with van der Waals surface area (Å²) in [5.74, 6) is -0.854. The summed E-state index contributed by atoms with van der Waals surface area (Å²) in [6, 6.07) is 12.2. The van der Waals surface area contributed by atoms with Gasteiger partial charge in [-0.1, -0.05) is 30.7 Å². The zero-order valence-electron chi connectivity index (χ0n) is 16.6. The second-order valence-electron chi connectivity index (χ2n) is 7.56. The molecule has 5 heteroatoms. The van der Waals surface area contributed by atoms with Gasteiger partial charge in [0.25, 0.3) is 0 Å². The van der Waals surface area contributed by atoms with Crippen molar-refractivity contribution in [1.29, 1.82) is 0 Å². The lowest BCUT2D eigenvalue weighted by Crippen LogP contribution is -2.47. The Labute approximate surface area is 166 Å². The smallest absolute Gasteiger partial charge is 0.227 e. The van der Waals surface area contributed by atoms with Gasteiger partial charge in [0.15, 0.2) is 0 Å². The Morgan fingerprint density at radius 3 is 2.25 bits per heavy atom. The number of likely N-dealkylation sites (tertiary alicyclic amines) is 1. The molecule has 3 rings (SSSR count). The number of amides is 1. The van der Waals surface area contributed by atoms with E-state index >= 15 is 0 Å². The third-order valence-electron chi connectivity index (χ3n) is 5.41. The van der Waals surface area contributed by atoms with Gasteiger partial charge >= 0.3 is 0 Å². The highest BCUT2D eigenvalue weighted by Gasteiger charge is 2.29. The van der Waals surface area contributed by atoms with E-state index < -0.39 is 11.6 Å². The highest BCUT2D eigenvalue weighted by molar-refractivity contribution is 5.94. The molecule has 3 nitrogen and oxygen atoms in total. The molecule has 0 radical (unpaired) electrons. The molecule has 0 aromatic heterocycles. The van der Waals surface area contributed by atoms with E-state index in [-0.39, 0.29) is 24.1 Å². The van der Waals surface area contributed by atoms with Crippen LogP contribution in [-0.2, 0) is 11.3 Å². The van der Waals surface area contributed by atoms with Crippen molar-refractivity contribution in [3.8, 4) is 0 Å². The lowest BCUT2D eigenvalue weighted by atomic mass is 10.0. The van der Waals surface area contributed by atoms with Crippen molar-refractivity contribution in [1.82, 2.24) is 4.90 Å². The van der Waals surface area contributed by atoms with E-state index in [2.05, 4.69) is 4.90 Å². The van der Waals surface area contributed by atoms with Gasteiger partial charge in [0, 0.05) is 43.3 Å². The monoisotopic (exact) mass is 386 g/mol. The van der Waals surface area contributed by atoms with E-state index in [1.54, 1.807) is 0 Å². The summed E-state index contributed by atoms with van der Waals surface area (Å²) in [6.45, 7) is 5.72. The molecule has 1 saturated heterocycles. The Morgan fingerprint density at radius 1 is 1.07 bits per heavy atom. The minimum absolute atomic E-state index is 0.114. The van der Waals surface area contributed by atoms with Crippen LogP contribution in [-0.4, -0.2) is 29.9 Å². The number of carbonyl (C=O) groups excluding carboxylic acids is 1. The summed E-state index contributed by atoms with van der Waals surface area (Å²) in [4.78, 5) is 16.8. The molecule has 0 spiro atoms. The van der Waals surface area contributed by atoms with Crippen LogP contribution in [0, 0.1) is 18.6 Å². The lowest BCUT2D eigenvalue weighted by Gasteiger charge is -2.38. The van der Waals surface area contributed by atoms with Gasteiger partial charge in [0.2, 0.25) is 5.91 Å². The number of halogens is 2. The molecule has 0 saturated carbocycles. The van der Waals surface area contributed by atoms with Gasteiger partial charge in [-0.05, 0) is 50.5 Å². The zero-order chi connectivity index (χ0) is 20.1. The molecule has 1 heterocycles. The van der Waals surface area contributed by atoms with Gasteiger partial charge in [0.05, 0.1) is 0 Å². The topological polar surface area (TPSA) is 23.6 Å². The molecule has 28 heavy (non-hydrogen) atoms. The van der Waals surface area contributed by atoms with Crippen molar-refractivity contribution >= 4 is 11.6 Å². The highest BCUT2D eigenvalue weighted by Crippen LogP contribution is 2.26. The predicted octanol–water partition coefficient (Wildman–Crippen LogP) is 5.07. The maximum atomic E-state index is 13.9. The maximum absolute atomic E-state index is 13.9. The lowest BCUT2D eigenvalue weighted by molar-refractivity contribution is -0.119. The molecule has 0 aliphatic carbocycles. The second-order valence-corrected chi connectivity index (χ2v) is 7.56. The van der Waals surface area contributed by atoms with Crippen LogP contribution in [0.3, 0.4) is 0 Å². The molecule has 1 fully saturated rings. The van der Waals surface area contributed by atoms with Crippen molar-refractivity contribution in [2.75, 3.05) is 18.0 Å². The second kappa shape index (κ2) is 9.28. The predicted molar refractivity (Wildman–Crippen MR) is 108 cm³/mol. The average molecular weight is 386 g/mol. The van der Waals surface area contributed by atoms with E-state index in [9.17, 15) is 13.6 Å². The average Bonchev–Trinajstić information content (AvgIpc) is 2.68. The standard InChI is InChI=1S/C23H28F2N2O/c1-3-5-23(28)27(18-10-8-17(2)9-11-18)19-12-14-26(15-13-19)16-20-21(24)6-4-7-22(20)25/h4,6-11,19H,3,5,12-16H2,1-2H3. The Morgan fingerprint density at radius 2 is 1.68 bits per heavy atom. The Hall–Kier alpha value is -2.27. The van der Waals surface area contributed by atoms with Crippen LogP contribution in [0.1, 0.15) is 43.7 Å². The number of rotatable bonds is 6. The largest absolute Gasteiger partial charge is 0.309 e. The summed E-state index contributed by atoms with van der Waals surface area (Å²) >= 11 is 0. The normalized spacial score (nSPS) is 15.6. The fourth-order valence-corrected chi connectivity index (χ4v) is 3.84. The minimum atomic E-state index is -0.499. The molecule has 0 atom stereocenters. The molecule has 2 aromatic carbocycles. The number of carbonyl (C=O) groups is 1. The van der Waals surface area contributed by atoms with Crippen LogP contribution in [0.15, 0.2) is 42.5 Å². The van der Waals surface area contributed by atoms with E-state index in [0.717, 1.165) is 30.5 Å². The Kier molecular flexibility index (Phi) is 6.79. The van der Waals surface area contributed by atoms with E-state index in [4.69, 9.17) is 0 Å². The first-order chi connectivity index (χ1) is 13.5. The van der Waals surface area contributed by atoms with Crippen molar-refractivity contribution < 1.29 is 13.6 Å². The van der Waals surface area contributed by atoms with E-state index in [1.807, 2.05) is 43.0 Å². The molecule has 0 unspecified atom stereocenters. The molecule has 1 amide bonds. The van der Waals surface area contributed by atoms with Gasteiger partial charge in [-0.25, -0.2) is 8.78 Å². The van der Waals surface area contributed by atoms with Crippen LogP contribution in [0.2, 0.25) is 0 Å². The van der Waals surface area contributed by atoms with Crippen molar-refractivity contribution in [2.45, 2.75) is 52.1 Å². The van der Waals surface area contributed by atoms with Gasteiger partial charge in [0.1, 0.15) is 11.6 Å². The summed E-state index contributed by atoms with van der Waals surface area (Å²) in [5.41, 5.74) is 2.22. The van der Waals surface area contributed by atoms with Crippen LogP contribution >= 0.6 is 0 Å². The third-order valence-corrected chi connectivity index (χ3v) is 5.41. The molecule has 0 N–H and O–H groups in total. The van der Waals surface area contributed by atoms with Crippen LogP contribution in [0.5, 0.6) is 0 Å². The zero-order valence-corrected chi connectivity index (χ0v) is 16.6. The Bertz CT molecular complexity index is 778. The van der Waals surface area contributed by atoms with Gasteiger partial charge in [-0.3, -0.25) is 9.69 Å². The SMILES string of the molecule is CCCC(=O)N(c1ccc(C)cc1)C1CCN(Cc2c(F)cccc2F)CC1. The van der Waals surface area contributed by atoms with Crippen LogP contribution in [0.25, 0.3) is 0 Å². The number of nitrogens with zero attached hydrogens (tertiary/aromatic N) is 2. The first kappa shape index (κ1) is 20.5. The number of benzene rings is 2. The van der Waals surface area contributed by atoms with Crippen molar-refractivity contribution in [3.63, 3.8) is 0 Å². The third kappa shape index (κ3) is 4.76. The first-order valence-corrected chi connectivity index (χ1v) is 10.0. The number of hydrogen-bond acceptors (Lipinski definition) is 2. The number of piperidine rings is 1. The molecule has 1 aliphatic heterocycles. The van der Waals surface area contributed by atoms with Crippen molar-refractivity contribution in [2.24, 2.45) is 0 Å². The summed E-state index contributed by atoms with van der Waals surface area (Å²) in [5, 5.41) is 0. The van der Waals surface area contributed by atoms with Crippen LogP contribution < -0.4 is 4.90 Å². The summed E-state index contributed by atoms with van der Waals surface area (Å²) in [7, 11) is 0. The molecule has 0 bridgehead atoms.